The van der Waals surface area contributed by atoms with E-state index in [0.29, 0.717) is 6.04 Å². The fourth-order valence-electron chi connectivity index (χ4n) is 3.53. The Morgan fingerprint density at radius 3 is 2.24 bits per heavy atom. The number of hydrogen-bond acceptors (Lipinski definition) is 1. The van der Waals surface area contributed by atoms with Crippen LogP contribution < -0.4 is 0 Å². The minimum Gasteiger partial charge on any atom is -0.303 e. The van der Waals surface area contributed by atoms with E-state index in [1.807, 2.05) is 0 Å². The Bertz CT molecular complexity index is 637. The molecule has 0 amide bonds. The Kier molecular flexibility index (Phi) is 6.25. The molecule has 2 aromatic rings. The predicted molar refractivity (Wildman–Crippen MR) is 104 cm³/mol. The highest BCUT2D eigenvalue weighted by molar-refractivity contribution is 5.28. The van der Waals surface area contributed by atoms with Gasteiger partial charge in [-0.2, -0.15) is 0 Å². The summed E-state index contributed by atoms with van der Waals surface area (Å²) in [5.74, 6) is 0.150. The predicted octanol–water partition coefficient (Wildman–Crippen LogP) is 5.40. The Balaban J connectivity index is 1.42. The van der Waals surface area contributed by atoms with E-state index in [-0.39, 0.29) is 5.92 Å². The van der Waals surface area contributed by atoms with Gasteiger partial charge in [-0.1, -0.05) is 54.6 Å². The van der Waals surface area contributed by atoms with E-state index in [1.54, 1.807) is 0 Å². The van der Waals surface area contributed by atoms with Crippen LogP contribution in [0, 0.1) is 0 Å². The Hall–Kier alpha value is -1.67. The number of hydrogen-bond donors (Lipinski definition) is 0. The second-order valence-corrected chi connectivity index (χ2v) is 7.55. The average Bonchev–Trinajstić information content (AvgIpc) is 2.64. The van der Waals surface area contributed by atoms with E-state index in [2.05, 4.69) is 73.5 Å². The molecule has 134 valence electrons. The molecule has 1 aliphatic rings. The average molecular weight is 339 g/mol. The zero-order valence-electron chi connectivity index (χ0n) is 15.5. The van der Waals surface area contributed by atoms with Gasteiger partial charge in [0, 0.05) is 18.5 Å². The highest BCUT2D eigenvalue weighted by Gasteiger charge is 2.31. The fraction of sp³-hybridized carbons (Fsp3) is 0.478. The molecule has 1 fully saturated rings. The maximum atomic E-state index is 13.5. The molecule has 1 aliphatic carbocycles. The summed E-state index contributed by atoms with van der Waals surface area (Å²) in [6.07, 6.45) is 4.45. The molecule has 0 spiro atoms. The monoisotopic (exact) mass is 339 g/mol. The van der Waals surface area contributed by atoms with Crippen LogP contribution in [-0.2, 0) is 12.8 Å². The number of aryl methyl sites for hydroxylation is 1. The van der Waals surface area contributed by atoms with Crippen molar-refractivity contribution < 1.29 is 4.39 Å². The Morgan fingerprint density at radius 2 is 1.64 bits per heavy atom. The first-order chi connectivity index (χ1) is 12.1. The van der Waals surface area contributed by atoms with Crippen LogP contribution >= 0.6 is 0 Å². The largest absolute Gasteiger partial charge is 0.303 e. The standard InChI is InChI=1S/C23H30FN/c1-18(25(2)17-16-19-6-4-3-5-7-19)8-9-20-10-12-21(13-11-20)22-14-15-23(22)24/h3-7,10-13,18,22-23H,8-9,14-17H2,1-2H3. The lowest BCUT2D eigenvalue weighted by molar-refractivity contribution is 0.170. The smallest absolute Gasteiger partial charge is 0.107 e. The number of benzene rings is 2. The number of halogens is 1. The summed E-state index contributed by atoms with van der Waals surface area (Å²) in [5, 5.41) is 0. The number of alkyl halides is 1. The lowest BCUT2D eigenvalue weighted by atomic mass is 9.78. The number of rotatable bonds is 8. The van der Waals surface area contributed by atoms with Crippen LogP contribution in [0.15, 0.2) is 54.6 Å². The summed E-state index contributed by atoms with van der Waals surface area (Å²) in [5.41, 5.74) is 3.94. The van der Waals surface area contributed by atoms with Gasteiger partial charge in [-0.05, 0) is 62.8 Å². The van der Waals surface area contributed by atoms with Crippen molar-refractivity contribution in [3.05, 3.63) is 71.3 Å². The van der Waals surface area contributed by atoms with E-state index in [9.17, 15) is 4.39 Å². The fourth-order valence-corrected chi connectivity index (χ4v) is 3.53. The minimum absolute atomic E-state index is 0.150. The molecule has 3 atom stereocenters. The van der Waals surface area contributed by atoms with Crippen molar-refractivity contribution in [1.82, 2.24) is 4.90 Å². The van der Waals surface area contributed by atoms with Crippen LogP contribution in [0.5, 0.6) is 0 Å². The van der Waals surface area contributed by atoms with Crippen molar-refractivity contribution in [2.45, 2.75) is 57.2 Å². The molecule has 3 unspecified atom stereocenters. The van der Waals surface area contributed by atoms with Crippen molar-refractivity contribution in [3.8, 4) is 0 Å². The molecule has 0 aliphatic heterocycles. The van der Waals surface area contributed by atoms with Gasteiger partial charge in [0.1, 0.15) is 6.17 Å². The molecule has 0 radical (unpaired) electrons. The van der Waals surface area contributed by atoms with Crippen molar-refractivity contribution in [1.29, 1.82) is 0 Å². The molecule has 0 N–H and O–H groups in total. The molecule has 0 aromatic heterocycles. The van der Waals surface area contributed by atoms with Crippen LogP contribution in [0.3, 0.4) is 0 Å². The zero-order chi connectivity index (χ0) is 17.6. The van der Waals surface area contributed by atoms with Crippen molar-refractivity contribution in [3.63, 3.8) is 0 Å². The summed E-state index contributed by atoms with van der Waals surface area (Å²) >= 11 is 0. The number of likely N-dealkylation sites (N-methyl/N-ethyl adjacent to an activating group) is 1. The maximum absolute atomic E-state index is 13.5. The second-order valence-electron chi connectivity index (χ2n) is 7.55. The van der Waals surface area contributed by atoms with Gasteiger partial charge < -0.3 is 4.90 Å². The van der Waals surface area contributed by atoms with E-state index in [1.165, 1.54) is 16.7 Å². The second kappa shape index (κ2) is 8.62. The first-order valence-electron chi connectivity index (χ1n) is 9.60. The van der Waals surface area contributed by atoms with Crippen LogP contribution in [0.1, 0.15) is 48.8 Å². The Morgan fingerprint density at radius 1 is 0.960 bits per heavy atom. The maximum Gasteiger partial charge on any atom is 0.107 e. The molecule has 0 heterocycles. The van der Waals surface area contributed by atoms with Gasteiger partial charge in [0.25, 0.3) is 0 Å². The third-order valence-electron chi connectivity index (χ3n) is 5.80. The summed E-state index contributed by atoms with van der Waals surface area (Å²) in [6, 6.07) is 19.9. The van der Waals surface area contributed by atoms with E-state index in [4.69, 9.17) is 0 Å². The minimum atomic E-state index is -0.621. The van der Waals surface area contributed by atoms with Gasteiger partial charge in [-0.3, -0.25) is 0 Å². The molecule has 1 nitrogen and oxygen atoms in total. The van der Waals surface area contributed by atoms with Crippen molar-refractivity contribution in [2.75, 3.05) is 13.6 Å². The van der Waals surface area contributed by atoms with Gasteiger partial charge in [0.2, 0.25) is 0 Å². The van der Waals surface area contributed by atoms with Gasteiger partial charge in [0.15, 0.2) is 0 Å². The molecular formula is C23H30FN. The van der Waals surface area contributed by atoms with Crippen LogP contribution in [-0.4, -0.2) is 30.7 Å². The molecule has 3 rings (SSSR count). The molecular weight excluding hydrogens is 309 g/mol. The molecule has 25 heavy (non-hydrogen) atoms. The first kappa shape index (κ1) is 18.1. The lowest BCUT2D eigenvalue weighted by Crippen LogP contribution is -2.31. The van der Waals surface area contributed by atoms with Gasteiger partial charge in [-0.15, -0.1) is 0 Å². The third kappa shape index (κ3) is 4.92. The van der Waals surface area contributed by atoms with Gasteiger partial charge in [0.05, 0.1) is 0 Å². The summed E-state index contributed by atoms with van der Waals surface area (Å²) in [4.78, 5) is 2.45. The summed E-state index contributed by atoms with van der Waals surface area (Å²) in [7, 11) is 2.22. The molecule has 2 aromatic carbocycles. The lowest BCUT2D eigenvalue weighted by Gasteiger charge is -2.30. The van der Waals surface area contributed by atoms with Gasteiger partial charge >= 0.3 is 0 Å². The van der Waals surface area contributed by atoms with E-state index in [0.717, 1.165) is 38.6 Å². The van der Waals surface area contributed by atoms with Crippen LogP contribution in [0.4, 0.5) is 4.39 Å². The summed E-state index contributed by atoms with van der Waals surface area (Å²) < 4.78 is 13.5. The zero-order valence-corrected chi connectivity index (χ0v) is 15.5. The van der Waals surface area contributed by atoms with Crippen molar-refractivity contribution >= 4 is 0 Å². The topological polar surface area (TPSA) is 3.24 Å². The van der Waals surface area contributed by atoms with E-state index < -0.39 is 6.17 Å². The third-order valence-corrected chi connectivity index (χ3v) is 5.80. The summed E-state index contributed by atoms with van der Waals surface area (Å²) in [6.45, 7) is 3.39. The van der Waals surface area contributed by atoms with Crippen molar-refractivity contribution in [2.24, 2.45) is 0 Å². The molecule has 0 saturated heterocycles. The van der Waals surface area contributed by atoms with Gasteiger partial charge in [-0.25, -0.2) is 4.39 Å². The molecule has 1 saturated carbocycles. The van der Waals surface area contributed by atoms with E-state index >= 15 is 0 Å². The quantitative estimate of drug-likeness (QED) is 0.622. The molecule has 2 heteroatoms. The highest BCUT2D eigenvalue weighted by atomic mass is 19.1. The normalized spacial score (nSPS) is 21.1. The van der Waals surface area contributed by atoms with Crippen LogP contribution in [0.25, 0.3) is 0 Å². The molecule has 0 bridgehead atoms. The first-order valence-corrected chi connectivity index (χ1v) is 9.60. The SMILES string of the molecule is CC(CCc1ccc(C2CCC2F)cc1)N(C)CCc1ccccc1. The Labute approximate surface area is 151 Å². The highest BCUT2D eigenvalue weighted by Crippen LogP contribution is 2.39. The van der Waals surface area contributed by atoms with Crippen LogP contribution in [0.2, 0.25) is 0 Å². The number of nitrogens with zero attached hydrogens (tertiary/aromatic N) is 1.